The summed E-state index contributed by atoms with van der Waals surface area (Å²) in [5.41, 5.74) is -1.18. The second-order valence-electron chi connectivity index (χ2n) is 11.0. The molecule has 2 unspecified atom stereocenters. The van der Waals surface area contributed by atoms with Crippen LogP contribution in [0.25, 0.3) is 0 Å². The molecule has 45 heavy (non-hydrogen) atoms. The van der Waals surface area contributed by atoms with Gasteiger partial charge >= 0.3 is 26.6 Å². The fraction of sp³-hybridized carbons (Fsp3) is 0.500. The highest BCUT2D eigenvalue weighted by Crippen LogP contribution is 2.58. The molecule has 3 aliphatic rings. The van der Waals surface area contributed by atoms with E-state index in [9.17, 15) is 18.7 Å². The Kier molecular flexibility index (Phi) is 11.1. The third kappa shape index (κ3) is 7.85. The smallest absolute Gasteiger partial charge is 0.438 e. The molecule has 0 N–H and O–H groups in total. The maximum atomic E-state index is 14.2. The fourth-order valence-electron chi connectivity index (χ4n) is 5.19. The van der Waals surface area contributed by atoms with Gasteiger partial charge in [-0.3, -0.25) is 18.1 Å². The second kappa shape index (κ2) is 14.7. The first-order valence-electron chi connectivity index (χ1n) is 14.4. The number of hydrogen-bond donors (Lipinski definition) is 0. The zero-order chi connectivity index (χ0) is 32.2. The predicted octanol–water partition coefficient (Wildman–Crippen LogP) is 4.54. The summed E-state index contributed by atoms with van der Waals surface area (Å²) >= 11 is 0. The molecule has 3 heterocycles. The Hall–Kier alpha value is -2.21. The van der Waals surface area contributed by atoms with Gasteiger partial charge < -0.3 is 18.9 Å². The van der Waals surface area contributed by atoms with Crippen LogP contribution in [0.2, 0.25) is 0 Å². The molecular weight excluding hydrogens is 623 g/mol. The molecular formula is C28H32B3O12P2. The summed E-state index contributed by atoms with van der Waals surface area (Å²) in [5, 5.41) is 0. The van der Waals surface area contributed by atoms with Gasteiger partial charge in [0.1, 0.15) is 45.5 Å². The topological polar surface area (TPSA) is 142 Å². The third-order valence-electron chi connectivity index (χ3n) is 7.86. The van der Waals surface area contributed by atoms with Crippen LogP contribution in [0, 0.1) is 11.8 Å². The van der Waals surface area contributed by atoms with Crippen LogP contribution in [0.5, 0.6) is 0 Å². The van der Waals surface area contributed by atoms with E-state index in [2.05, 4.69) is 0 Å². The first kappa shape index (κ1) is 34.1. The SMILES string of the molecule is [B][B][C@@H]1O[C@@H]2COP(=O)(C(=O)OCc3ccccc3)O[C@H]3[C@@H](C)[C@H]([B])O[C@@H]3COP(=O)(C(=O)OCc3ccccc3)O[C@H]2[C@H]1C. The Labute approximate surface area is 265 Å². The molecule has 0 aromatic heterocycles. The highest BCUT2D eigenvalue weighted by Gasteiger charge is 2.54. The molecule has 10 atom stereocenters. The molecule has 2 aromatic rings. The molecule has 12 nitrogen and oxygen atoms in total. The van der Waals surface area contributed by atoms with Gasteiger partial charge in [-0.25, -0.2) is 18.7 Å². The molecule has 17 heteroatoms. The Morgan fingerprint density at radius 1 is 0.778 bits per heavy atom. The van der Waals surface area contributed by atoms with Gasteiger partial charge in [0.25, 0.3) is 0 Å². The maximum Gasteiger partial charge on any atom is 0.438 e. The minimum absolute atomic E-state index is 0.194. The highest BCUT2D eigenvalue weighted by molar-refractivity contribution is 7.71. The van der Waals surface area contributed by atoms with Crippen molar-refractivity contribution in [1.29, 1.82) is 0 Å². The monoisotopic (exact) mass is 655 g/mol. The lowest BCUT2D eigenvalue weighted by Crippen LogP contribution is -2.37. The summed E-state index contributed by atoms with van der Waals surface area (Å²) in [6.07, 6.45) is -4.55. The molecule has 0 aliphatic carbocycles. The van der Waals surface area contributed by atoms with Crippen molar-refractivity contribution in [3.8, 4) is 0 Å². The number of rotatable bonds is 7. The van der Waals surface area contributed by atoms with Crippen LogP contribution < -0.4 is 0 Å². The van der Waals surface area contributed by atoms with E-state index in [1.807, 2.05) is 0 Å². The summed E-state index contributed by atoms with van der Waals surface area (Å²) in [7, 11) is 3.72. The van der Waals surface area contributed by atoms with E-state index < -0.39 is 88.1 Å². The van der Waals surface area contributed by atoms with Crippen molar-refractivity contribution in [1.82, 2.24) is 0 Å². The minimum atomic E-state index is -4.71. The number of carbonyl (C=O) groups excluding carboxylic acids is 2. The molecule has 5 rings (SSSR count). The molecule has 3 saturated heterocycles. The summed E-state index contributed by atoms with van der Waals surface area (Å²) in [5.74, 6) is -1.22. The quantitative estimate of drug-likeness (QED) is 0.306. The lowest BCUT2D eigenvalue weighted by atomic mass is 9.49. The first-order chi connectivity index (χ1) is 21.5. The van der Waals surface area contributed by atoms with Crippen LogP contribution in [0.3, 0.4) is 0 Å². The molecule has 3 fully saturated rings. The van der Waals surface area contributed by atoms with Crippen LogP contribution in [0.1, 0.15) is 25.0 Å². The maximum absolute atomic E-state index is 14.2. The average Bonchev–Trinajstić information content (AvgIpc) is 3.49. The van der Waals surface area contributed by atoms with Crippen molar-refractivity contribution in [2.45, 2.75) is 63.5 Å². The molecule has 0 saturated carbocycles. The number of carbonyl (C=O) groups is 2. The van der Waals surface area contributed by atoms with E-state index in [1.165, 1.54) is 7.17 Å². The second-order valence-corrected chi connectivity index (χ2v) is 14.7. The van der Waals surface area contributed by atoms with Crippen molar-refractivity contribution in [2.24, 2.45) is 11.8 Å². The summed E-state index contributed by atoms with van der Waals surface area (Å²) in [4.78, 5) is 26.6. The Morgan fingerprint density at radius 3 is 1.69 bits per heavy atom. The van der Waals surface area contributed by atoms with E-state index in [4.69, 9.17) is 52.6 Å². The number of benzene rings is 2. The van der Waals surface area contributed by atoms with Gasteiger partial charge in [0.15, 0.2) is 0 Å². The van der Waals surface area contributed by atoms with Crippen molar-refractivity contribution in [2.75, 3.05) is 13.2 Å². The lowest BCUT2D eigenvalue weighted by molar-refractivity contribution is -0.0280. The molecule has 0 spiro atoms. The van der Waals surface area contributed by atoms with Gasteiger partial charge in [0.05, 0.1) is 20.4 Å². The van der Waals surface area contributed by atoms with Crippen LogP contribution >= 0.6 is 15.2 Å². The number of ether oxygens (including phenoxy) is 4. The predicted molar refractivity (Wildman–Crippen MR) is 163 cm³/mol. The van der Waals surface area contributed by atoms with Crippen molar-refractivity contribution in [3.63, 3.8) is 0 Å². The molecule has 235 valence electrons. The van der Waals surface area contributed by atoms with Gasteiger partial charge in [-0.05, 0) is 11.1 Å². The standard InChI is InChI=1S/C28H32B3O12P2/c1-17-23-21(40-25(17)29)15-38-45(35,28(33)37-14-20-11-7-4-8-12-20)43-24-18(2)26(31-30)41-22(24)16-39-44(34,42-23)27(32)36-13-19-9-5-3-6-10-19/h3-12,17-18,21-26H,13-16H2,1-2H3/t17-,18-,21-,22-,23+,24+,25-,26-,44?,45?/m1/s1. The number of hydrogen-bond acceptors (Lipinski definition) is 12. The van der Waals surface area contributed by atoms with E-state index in [0.29, 0.717) is 11.1 Å². The van der Waals surface area contributed by atoms with Gasteiger partial charge in [-0.2, -0.15) is 0 Å². The zero-order valence-corrected chi connectivity index (χ0v) is 26.5. The number of fused-ring (bicyclic) bond motifs is 2. The van der Waals surface area contributed by atoms with E-state index in [-0.39, 0.29) is 13.2 Å². The van der Waals surface area contributed by atoms with Gasteiger partial charge in [0, 0.05) is 31.6 Å². The summed E-state index contributed by atoms with van der Waals surface area (Å²) in [6.45, 7) is 1.84. The molecule has 0 bridgehead atoms. The van der Waals surface area contributed by atoms with Crippen molar-refractivity contribution >= 4 is 49.4 Å². The van der Waals surface area contributed by atoms with E-state index in [1.54, 1.807) is 74.5 Å². The van der Waals surface area contributed by atoms with Crippen LogP contribution in [0.15, 0.2) is 60.7 Å². The highest BCUT2D eigenvalue weighted by atomic mass is 31.2. The van der Waals surface area contributed by atoms with Crippen LogP contribution in [-0.2, 0) is 59.4 Å². The molecule has 2 aromatic carbocycles. The molecule has 5 radical (unpaired) electrons. The van der Waals surface area contributed by atoms with E-state index >= 15 is 0 Å². The Morgan fingerprint density at radius 2 is 1.22 bits per heavy atom. The van der Waals surface area contributed by atoms with Crippen LogP contribution in [0.4, 0.5) is 9.59 Å². The summed E-state index contributed by atoms with van der Waals surface area (Å²) in [6, 6.07) is 15.9. The lowest BCUT2D eigenvalue weighted by Gasteiger charge is -2.31. The van der Waals surface area contributed by atoms with Gasteiger partial charge in [-0.15, -0.1) is 0 Å². The first-order valence-corrected chi connectivity index (χ1v) is 17.5. The summed E-state index contributed by atoms with van der Waals surface area (Å²) < 4.78 is 73.8. The molecule has 3 aliphatic heterocycles. The van der Waals surface area contributed by atoms with Gasteiger partial charge in [0.2, 0.25) is 0 Å². The Bertz CT molecular complexity index is 1420. The third-order valence-corrected chi connectivity index (χ3v) is 11.0. The van der Waals surface area contributed by atoms with E-state index in [0.717, 1.165) is 0 Å². The van der Waals surface area contributed by atoms with Crippen molar-refractivity contribution < 1.29 is 55.8 Å². The largest absolute Gasteiger partial charge is 0.452 e. The fourth-order valence-corrected chi connectivity index (χ4v) is 8.12. The normalized spacial score (nSPS) is 36.8. The van der Waals surface area contributed by atoms with Gasteiger partial charge in [-0.1, -0.05) is 74.5 Å². The Balaban J connectivity index is 1.43. The van der Waals surface area contributed by atoms with Crippen LogP contribution in [-0.4, -0.2) is 83.8 Å². The minimum Gasteiger partial charge on any atom is -0.452 e. The average molecular weight is 655 g/mol. The molecule has 0 amide bonds. The zero-order valence-electron chi connectivity index (χ0n) is 24.7. The van der Waals surface area contributed by atoms with Crippen molar-refractivity contribution in [3.05, 3.63) is 71.8 Å².